The summed E-state index contributed by atoms with van der Waals surface area (Å²) >= 11 is 3.67. The summed E-state index contributed by atoms with van der Waals surface area (Å²) in [6.07, 6.45) is 6.79. The Hall–Kier alpha value is -2.43. The molecule has 0 amide bonds. The molecule has 0 fully saturated rings. The molecule has 0 aliphatic carbocycles. The highest BCUT2D eigenvalue weighted by atomic mass is 79.9. The van der Waals surface area contributed by atoms with Crippen LogP contribution in [0.15, 0.2) is 77.7 Å². The highest BCUT2D eigenvalue weighted by molar-refractivity contribution is 9.10. The van der Waals surface area contributed by atoms with E-state index in [2.05, 4.69) is 68.1 Å². The van der Waals surface area contributed by atoms with Gasteiger partial charge >= 0.3 is 0 Å². The van der Waals surface area contributed by atoms with Gasteiger partial charge in [0.1, 0.15) is 0 Å². The monoisotopic (exact) mass is 405 g/mol. The maximum absolute atomic E-state index is 5.83. The average Bonchev–Trinajstić information content (AvgIpc) is 3.01. The van der Waals surface area contributed by atoms with Crippen molar-refractivity contribution in [1.29, 1.82) is 0 Å². The van der Waals surface area contributed by atoms with Gasteiger partial charge in [-0.2, -0.15) is 0 Å². The maximum Gasteiger partial charge on any atom is 0.0492 e. The molecule has 0 aliphatic heterocycles. The van der Waals surface area contributed by atoms with Crippen LogP contribution in [-0.2, 0) is 13.0 Å². The molecule has 2 aromatic heterocycles. The van der Waals surface area contributed by atoms with Crippen LogP contribution < -0.4 is 5.73 Å². The Labute approximate surface area is 161 Å². The lowest BCUT2D eigenvalue weighted by Crippen LogP contribution is -2.02. The summed E-state index contributed by atoms with van der Waals surface area (Å²) in [4.78, 5) is 4.12. The van der Waals surface area contributed by atoms with Gasteiger partial charge in [0.15, 0.2) is 0 Å². The van der Waals surface area contributed by atoms with E-state index in [0.717, 1.165) is 17.4 Å². The second kappa shape index (κ2) is 7.44. The SMILES string of the molecule is NCCc1cn(Cc2ccccc2Br)c2cc(-c3ccncc3)ccc12. The molecule has 26 heavy (non-hydrogen) atoms. The highest BCUT2D eigenvalue weighted by Crippen LogP contribution is 2.29. The summed E-state index contributed by atoms with van der Waals surface area (Å²) in [7, 11) is 0. The fourth-order valence-corrected chi connectivity index (χ4v) is 3.80. The Balaban J connectivity index is 1.84. The van der Waals surface area contributed by atoms with Gasteiger partial charge in [0, 0.05) is 40.5 Å². The molecule has 2 N–H and O–H groups in total. The van der Waals surface area contributed by atoms with E-state index in [1.54, 1.807) is 0 Å². The number of fused-ring (bicyclic) bond motifs is 1. The van der Waals surface area contributed by atoms with Crippen molar-refractivity contribution in [2.75, 3.05) is 6.54 Å². The van der Waals surface area contributed by atoms with Crippen LogP contribution in [0.2, 0.25) is 0 Å². The smallest absolute Gasteiger partial charge is 0.0492 e. The van der Waals surface area contributed by atoms with Gasteiger partial charge in [-0.3, -0.25) is 4.98 Å². The molecular formula is C22H20BrN3. The third kappa shape index (κ3) is 3.30. The zero-order chi connectivity index (χ0) is 17.9. The summed E-state index contributed by atoms with van der Waals surface area (Å²) in [5.74, 6) is 0. The highest BCUT2D eigenvalue weighted by Gasteiger charge is 2.11. The van der Waals surface area contributed by atoms with Crippen molar-refractivity contribution in [3.05, 3.63) is 88.8 Å². The summed E-state index contributed by atoms with van der Waals surface area (Å²) < 4.78 is 3.46. The van der Waals surface area contributed by atoms with E-state index in [9.17, 15) is 0 Å². The van der Waals surface area contributed by atoms with Gasteiger partial charge in [0.05, 0.1) is 0 Å². The zero-order valence-electron chi connectivity index (χ0n) is 14.4. The van der Waals surface area contributed by atoms with Crippen LogP contribution in [0, 0.1) is 0 Å². The normalized spacial score (nSPS) is 11.2. The van der Waals surface area contributed by atoms with E-state index in [1.807, 2.05) is 30.6 Å². The Kier molecular flexibility index (Phi) is 4.87. The minimum absolute atomic E-state index is 0.653. The first-order valence-electron chi connectivity index (χ1n) is 8.72. The van der Waals surface area contributed by atoms with Crippen molar-refractivity contribution in [2.45, 2.75) is 13.0 Å². The number of nitrogens with zero attached hydrogens (tertiary/aromatic N) is 2. The molecule has 4 rings (SSSR count). The van der Waals surface area contributed by atoms with Gasteiger partial charge in [-0.15, -0.1) is 0 Å². The number of nitrogens with two attached hydrogens (primary N) is 1. The van der Waals surface area contributed by atoms with E-state index < -0.39 is 0 Å². The third-order valence-electron chi connectivity index (χ3n) is 4.69. The van der Waals surface area contributed by atoms with Crippen LogP contribution in [0.3, 0.4) is 0 Å². The molecule has 130 valence electrons. The molecule has 4 aromatic rings. The first-order valence-corrected chi connectivity index (χ1v) is 9.51. The number of hydrogen-bond acceptors (Lipinski definition) is 2. The minimum Gasteiger partial charge on any atom is -0.343 e. The lowest BCUT2D eigenvalue weighted by atomic mass is 10.0. The Morgan fingerprint density at radius 3 is 2.50 bits per heavy atom. The lowest BCUT2D eigenvalue weighted by Gasteiger charge is -2.09. The fourth-order valence-electron chi connectivity index (χ4n) is 3.39. The lowest BCUT2D eigenvalue weighted by molar-refractivity contribution is 0.824. The van der Waals surface area contributed by atoms with Gasteiger partial charge in [-0.25, -0.2) is 0 Å². The van der Waals surface area contributed by atoms with Crippen LogP contribution in [0.1, 0.15) is 11.1 Å². The molecule has 0 aliphatic rings. The van der Waals surface area contributed by atoms with Crippen LogP contribution in [0.4, 0.5) is 0 Å². The van der Waals surface area contributed by atoms with Crippen molar-refractivity contribution in [3.8, 4) is 11.1 Å². The Bertz CT molecular complexity index is 1040. The van der Waals surface area contributed by atoms with E-state index in [-0.39, 0.29) is 0 Å². The molecule has 0 bridgehead atoms. The Morgan fingerprint density at radius 1 is 0.923 bits per heavy atom. The average molecular weight is 406 g/mol. The third-order valence-corrected chi connectivity index (χ3v) is 5.46. The quantitative estimate of drug-likeness (QED) is 0.506. The molecule has 0 unspecified atom stereocenters. The van der Waals surface area contributed by atoms with E-state index >= 15 is 0 Å². The van der Waals surface area contributed by atoms with Gasteiger partial charge in [-0.1, -0.05) is 46.3 Å². The molecule has 0 saturated heterocycles. The van der Waals surface area contributed by atoms with E-state index in [4.69, 9.17) is 5.73 Å². The van der Waals surface area contributed by atoms with Gasteiger partial charge in [0.25, 0.3) is 0 Å². The predicted molar refractivity (Wildman–Crippen MR) is 111 cm³/mol. The van der Waals surface area contributed by atoms with Gasteiger partial charge in [-0.05, 0) is 59.5 Å². The molecule has 0 atom stereocenters. The maximum atomic E-state index is 5.83. The molecule has 2 heterocycles. The minimum atomic E-state index is 0.653. The zero-order valence-corrected chi connectivity index (χ0v) is 16.0. The molecule has 0 radical (unpaired) electrons. The Morgan fingerprint density at radius 2 is 1.73 bits per heavy atom. The number of rotatable bonds is 5. The number of hydrogen-bond donors (Lipinski definition) is 1. The molecular weight excluding hydrogens is 386 g/mol. The molecule has 2 aromatic carbocycles. The fraction of sp³-hybridized carbons (Fsp3) is 0.136. The van der Waals surface area contributed by atoms with Crippen LogP contribution in [0.25, 0.3) is 22.0 Å². The number of pyridine rings is 1. The second-order valence-electron chi connectivity index (χ2n) is 6.38. The van der Waals surface area contributed by atoms with Gasteiger partial charge in [0.2, 0.25) is 0 Å². The first kappa shape index (κ1) is 17.0. The van der Waals surface area contributed by atoms with Crippen molar-refractivity contribution >= 4 is 26.8 Å². The van der Waals surface area contributed by atoms with Gasteiger partial charge < -0.3 is 10.3 Å². The molecule has 0 saturated carbocycles. The number of halogens is 1. The standard InChI is InChI=1S/C22H20BrN3/c23-21-4-2-1-3-19(21)15-26-14-18(7-10-24)20-6-5-17(13-22(20)26)16-8-11-25-12-9-16/h1-6,8-9,11-14H,7,10,15,24H2. The second-order valence-corrected chi connectivity index (χ2v) is 7.23. The molecule has 0 spiro atoms. The van der Waals surface area contributed by atoms with Crippen molar-refractivity contribution in [3.63, 3.8) is 0 Å². The summed E-state index contributed by atoms with van der Waals surface area (Å²) in [6.45, 7) is 1.47. The summed E-state index contributed by atoms with van der Waals surface area (Å²) in [5.41, 5.74) is 12.0. The first-order chi connectivity index (χ1) is 12.8. The van der Waals surface area contributed by atoms with Crippen molar-refractivity contribution < 1.29 is 0 Å². The van der Waals surface area contributed by atoms with Crippen LogP contribution in [-0.4, -0.2) is 16.1 Å². The van der Waals surface area contributed by atoms with E-state index in [0.29, 0.717) is 6.54 Å². The van der Waals surface area contributed by atoms with E-state index in [1.165, 1.54) is 33.2 Å². The number of benzene rings is 2. The number of aromatic nitrogens is 2. The topological polar surface area (TPSA) is 43.8 Å². The molecule has 4 heteroatoms. The van der Waals surface area contributed by atoms with Crippen LogP contribution >= 0.6 is 15.9 Å². The largest absolute Gasteiger partial charge is 0.343 e. The summed E-state index contributed by atoms with van der Waals surface area (Å²) in [6, 6.07) is 19.1. The van der Waals surface area contributed by atoms with Crippen molar-refractivity contribution in [1.82, 2.24) is 9.55 Å². The summed E-state index contributed by atoms with van der Waals surface area (Å²) in [5, 5.41) is 1.28. The predicted octanol–water partition coefficient (Wildman–Crippen LogP) is 5.02. The molecule has 3 nitrogen and oxygen atoms in total. The van der Waals surface area contributed by atoms with Crippen LogP contribution in [0.5, 0.6) is 0 Å². The van der Waals surface area contributed by atoms with Crippen molar-refractivity contribution in [2.24, 2.45) is 5.73 Å².